The van der Waals surface area contributed by atoms with Crippen LogP contribution in [-0.2, 0) is 19.3 Å². The Balaban J connectivity index is 1.58. The van der Waals surface area contributed by atoms with Crippen molar-refractivity contribution in [2.45, 2.75) is 39.0 Å². The molecule has 0 unspecified atom stereocenters. The fourth-order valence-electron chi connectivity index (χ4n) is 4.27. The van der Waals surface area contributed by atoms with Crippen molar-refractivity contribution in [2.24, 2.45) is 0 Å². The van der Waals surface area contributed by atoms with E-state index < -0.39 is 41.2 Å². The Morgan fingerprint density at radius 3 is 1.86 bits per heavy atom. The predicted octanol–water partition coefficient (Wildman–Crippen LogP) is 8.84. The van der Waals surface area contributed by atoms with Gasteiger partial charge in [0.2, 0.25) is 5.75 Å². The number of hydrogen-bond donors (Lipinski definition) is 0. The van der Waals surface area contributed by atoms with E-state index >= 15 is 4.39 Å². The van der Waals surface area contributed by atoms with Gasteiger partial charge in [0.05, 0.1) is 5.56 Å². The van der Waals surface area contributed by atoms with Crippen molar-refractivity contribution in [3.8, 4) is 16.9 Å². The minimum atomic E-state index is -5.26. The molecule has 0 aliphatic carbocycles. The third-order valence-electron chi connectivity index (χ3n) is 5.92. The van der Waals surface area contributed by atoms with Crippen LogP contribution in [0.4, 0.5) is 35.1 Å². The summed E-state index contributed by atoms with van der Waals surface area (Å²) < 4.78 is 113. The molecule has 1 nitrogen and oxygen atoms in total. The van der Waals surface area contributed by atoms with Crippen molar-refractivity contribution in [1.82, 2.24) is 0 Å². The van der Waals surface area contributed by atoms with E-state index in [4.69, 9.17) is 0 Å². The summed E-state index contributed by atoms with van der Waals surface area (Å²) in [6, 6.07) is 11.2. The first-order valence-corrected chi connectivity index (χ1v) is 11.4. The molecule has 0 fully saturated rings. The molecule has 0 atom stereocenters. The molecule has 4 aromatic rings. The van der Waals surface area contributed by atoms with Crippen LogP contribution >= 0.6 is 0 Å². The number of alkyl halides is 3. The number of aryl methyl sites for hydroxylation is 3. The first kappa shape index (κ1) is 26.4. The van der Waals surface area contributed by atoms with E-state index in [1.165, 1.54) is 36.4 Å². The molecule has 0 N–H and O–H groups in total. The molecule has 0 spiro atoms. The highest BCUT2D eigenvalue weighted by molar-refractivity contribution is 5.88. The molecule has 0 radical (unpaired) electrons. The van der Waals surface area contributed by atoms with E-state index in [1.807, 2.05) is 6.92 Å². The maximum atomic E-state index is 15.2. The summed E-state index contributed by atoms with van der Waals surface area (Å²) in [7, 11) is 0. The van der Waals surface area contributed by atoms with E-state index in [0.717, 1.165) is 6.42 Å². The van der Waals surface area contributed by atoms with Crippen LogP contribution in [0.1, 0.15) is 30.0 Å². The van der Waals surface area contributed by atoms with Crippen LogP contribution in [-0.4, -0.2) is 6.36 Å². The second-order valence-corrected chi connectivity index (χ2v) is 8.60. The first-order chi connectivity index (χ1) is 17.5. The highest BCUT2D eigenvalue weighted by Gasteiger charge is 2.34. The van der Waals surface area contributed by atoms with Gasteiger partial charge in [0.25, 0.3) is 0 Å². The van der Waals surface area contributed by atoms with Gasteiger partial charge in [0, 0.05) is 5.39 Å². The van der Waals surface area contributed by atoms with Crippen molar-refractivity contribution < 1.29 is 39.9 Å². The quantitative estimate of drug-likeness (QED) is 0.220. The molecule has 0 aliphatic heterocycles. The van der Waals surface area contributed by atoms with Crippen LogP contribution in [0, 0.1) is 29.1 Å². The Labute approximate surface area is 207 Å². The van der Waals surface area contributed by atoms with Crippen LogP contribution in [0.3, 0.4) is 0 Å². The summed E-state index contributed by atoms with van der Waals surface area (Å²) >= 11 is 0. The summed E-state index contributed by atoms with van der Waals surface area (Å²) in [4.78, 5) is 0. The van der Waals surface area contributed by atoms with Gasteiger partial charge in [-0.2, -0.15) is 0 Å². The molecule has 4 aromatic carbocycles. The van der Waals surface area contributed by atoms with Crippen LogP contribution < -0.4 is 4.74 Å². The molecule has 0 heterocycles. The molecule has 194 valence electrons. The summed E-state index contributed by atoms with van der Waals surface area (Å²) in [5.74, 6) is -6.67. The zero-order valence-corrected chi connectivity index (χ0v) is 19.5. The van der Waals surface area contributed by atoms with Crippen molar-refractivity contribution in [2.75, 3.05) is 0 Å². The Bertz CT molecular complexity index is 1410. The molecule has 0 bridgehead atoms. The van der Waals surface area contributed by atoms with Gasteiger partial charge in [-0.05, 0) is 77.2 Å². The number of hydrogen-bond acceptors (Lipinski definition) is 1. The fraction of sp³-hybridized carbons (Fsp3) is 0.214. The highest BCUT2D eigenvalue weighted by atomic mass is 19.4. The zero-order valence-electron chi connectivity index (χ0n) is 19.5. The zero-order chi connectivity index (χ0) is 26.9. The molecule has 37 heavy (non-hydrogen) atoms. The lowest BCUT2D eigenvalue weighted by molar-refractivity contribution is -0.276. The average Bonchev–Trinajstić information content (AvgIpc) is 2.80. The van der Waals surface area contributed by atoms with Crippen LogP contribution in [0.2, 0.25) is 0 Å². The molecule has 9 heteroatoms. The van der Waals surface area contributed by atoms with Gasteiger partial charge in [-0.15, -0.1) is 13.2 Å². The number of fused-ring (bicyclic) bond motifs is 1. The maximum Gasteiger partial charge on any atom is 0.573 e. The second kappa shape index (κ2) is 10.4. The molecule has 0 aliphatic rings. The number of halogens is 8. The lowest BCUT2D eigenvalue weighted by Crippen LogP contribution is -2.19. The van der Waals surface area contributed by atoms with Gasteiger partial charge < -0.3 is 4.74 Å². The summed E-state index contributed by atoms with van der Waals surface area (Å²) in [5.41, 5.74) is 0.771. The summed E-state index contributed by atoms with van der Waals surface area (Å²) in [6.45, 7) is 1.90. The normalized spacial score (nSPS) is 11.8. The maximum absolute atomic E-state index is 15.2. The molecular formula is C28H20F8O. The van der Waals surface area contributed by atoms with Gasteiger partial charge in [-0.1, -0.05) is 37.6 Å². The third-order valence-corrected chi connectivity index (χ3v) is 5.92. The lowest BCUT2D eigenvalue weighted by atomic mass is 9.96. The SMILES string of the molecule is CCCc1cc(F)c(-c2ccc3c(F)c(CCc4cc(F)c(OC(F)(F)F)c(F)c4)ccc3c2)c(F)c1. The first-order valence-electron chi connectivity index (χ1n) is 11.4. The molecule has 0 amide bonds. The standard InChI is InChI=1S/C28H20F8O/c1-2-3-15-10-21(29)25(22(30)11-15)19-8-9-20-18(14-19)7-6-17(26(20)33)5-4-16-12-23(31)27(24(32)13-16)37-28(34,35)36/h6-14H,2-5H2,1H3. The van der Waals surface area contributed by atoms with Gasteiger partial charge in [-0.25, -0.2) is 22.0 Å². The lowest BCUT2D eigenvalue weighted by Gasteiger charge is -2.13. The van der Waals surface area contributed by atoms with Crippen molar-refractivity contribution in [3.05, 3.63) is 100 Å². The van der Waals surface area contributed by atoms with Gasteiger partial charge in [-0.3, -0.25) is 0 Å². The highest BCUT2D eigenvalue weighted by Crippen LogP contribution is 2.33. The topological polar surface area (TPSA) is 9.23 Å². The predicted molar refractivity (Wildman–Crippen MR) is 124 cm³/mol. The number of ether oxygens (including phenoxy) is 1. The van der Waals surface area contributed by atoms with Gasteiger partial charge in [0.15, 0.2) is 11.6 Å². The van der Waals surface area contributed by atoms with Crippen molar-refractivity contribution in [3.63, 3.8) is 0 Å². The average molecular weight is 524 g/mol. The Hall–Kier alpha value is -3.62. The van der Waals surface area contributed by atoms with Crippen LogP contribution in [0.15, 0.2) is 54.6 Å². The van der Waals surface area contributed by atoms with Crippen LogP contribution in [0.25, 0.3) is 21.9 Å². The van der Waals surface area contributed by atoms with E-state index in [0.29, 0.717) is 29.5 Å². The van der Waals surface area contributed by atoms with Crippen molar-refractivity contribution >= 4 is 10.8 Å². The Morgan fingerprint density at radius 1 is 0.676 bits per heavy atom. The molecule has 0 saturated heterocycles. The molecule has 0 saturated carbocycles. The summed E-state index contributed by atoms with van der Waals surface area (Å²) in [5, 5.41) is 0.567. The van der Waals surface area contributed by atoms with E-state index in [1.54, 1.807) is 6.07 Å². The minimum Gasteiger partial charge on any atom is -0.399 e. The smallest absolute Gasteiger partial charge is 0.399 e. The van der Waals surface area contributed by atoms with Gasteiger partial charge >= 0.3 is 6.36 Å². The van der Waals surface area contributed by atoms with Crippen LogP contribution in [0.5, 0.6) is 5.75 Å². The minimum absolute atomic E-state index is 0.00989. The van der Waals surface area contributed by atoms with Gasteiger partial charge in [0.1, 0.15) is 17.5 Å². The monoisotopic (exact) mass is 524 g/mol. The van der Waals surface area contributed by atoms with E-state index in [-0.39, 0.29) is 40.5 Å². The second-order valence-electron chi connectivity index (χ2n) is 8.60. The summed E-state index contributed by atoms with van der Waals surface area (Å²) in [6.07, 6.45) is -4.07. The van der Waals surface area contributed by atoms with E-state index in [2.05, 4.69) is 4.74 Å². The Morgan fingerprint density at radius 2 is 1.27 bits per heavy atom. The van der Waals surface area contributed by atoms with E-state index in [9.17, 15) is 30.7 Å². The number of benzene rings is 4. The largest absolute Gasteiger partial charge is 0.573 e. The fourth-order valence-corrected chi connectivity index (χ4v) is 4.27. The molecular weight excluding hydrogens is 504 g/mol. The molecule has 4 rings (SSSR count). The Kier molecular flexibility index (Phi) is 7.43. The van der Waals surface area contributed by atoms with Crippen molar-refractivity contribution in [1.29, 1.82) is 0 Å². The third kappa shape index (κ3) is 5.87. The molecule has 0 aromatic heterocycles. The number of rotatable bonds is 7.